The van der Waals surface area contributed by atoms with E-state index in [2.05, 4.69) is 5.32 Å². The molecule has 0 bridgehead atoms. The highest BCUT2D eigenvalue weighted by atomic mass is 35.5. The van der Waals surface area contributed by atoms with Crippen molar-refractivity contribution in [3.63, 3.8) is 0 Å². The van der Waals surface area contributed by atoms with Gasteiger partial charge in [-0.15, -0.1) is 11.6 Å². The molecule has 1 aliphatic rings. The molecule has 1 fully saturated rings. The molecule has 3 rings (SSSR count). The van der Waals surface area contributed by atoms with Crippen LogP contribution in [0.5, 0.6) is 0 Å². The Balaban J connectivity index is 1.78. The van der Waals surface area contributed by atoms with Crippen LogP contribution in [0.1, 0.15) is 36.0 Å². The molecule has 0 aromatic heterocycles. The molecule has 110 valence electrons. The zero-order valence-corrected chi connectivity index (χ0v) is 12.8. The molecule has 2 aromatic rings. The summed E-state index contributed by atoms with van der Waals surface area (Å²) in [5, 5.41) is 5.20. The van der Waals surface area contributed by atoms with Crippen molar-refractivity contribution in [3.8, 4) is 0 Å². The van der Waals surface area contributed by atoms with Crippen molar-refractivity contribution >= 4 is 28.3 Å². The molecule has 3 heteroatoms. The third-order valence-electron chi connectivity index (χ3n) is 4.61. The lowest BCUT2D eigenvalue weighted by atomic mass is 9.88. The van der Waals surface area contributed by atoms with Crippen molar-refractivity contribution in [2.24, 2.45) is 5.41 Å². The van der Waals surface area contributed by atoms with Crippen molar-refractivity contribution in [1.29, 1.82) is 0 Å². The summed E-state index contributed by atoms with van der Waals surface area (Å²) in [4.78, 5) is 12.5. The van der Waals surface area contributed by atoms with Crippen molar-refractivity contribution in [3.05, 3.63) is 48.0 Å². The molecule has 0 aliphatic heterocycles. The molecule has 1 amide bonds. The van der Waals surface area contributed by atoms with Crippen molar-refractivity contribution in [1.82, 2.24) is 5.32 Å². The van der Waals surface area contributed by atoms with Crippen LogP contribution in [0.2, 0.25) is 0 Å². The third kappa shape index (κ3) is 2.91. The van der Waals surface area contributed by atoms with E-state index in [0.717, 1.165) is 29.2 Å². The van der Waals surface area contributed by atoms with E-state index < -0.39 is 0 Å². The molecule has 0 atom stereocenters. The second kappa shape index (κ2) is 6.07. The highest BCUT2D eigenvalue weighted by molar-refractivity contribution is 6.18. The van der Waals surface area contributed by atoms with Gasteiger partial charge >= 0.3 is 0 Å². The summed E-state index contributed by atoms with van der Waals surface area (Å²) in [5.74, 6) is 0.631. The summed E-state index contributed by atoms with van der Waals surface area (Å²) in [5.41, 5.74) is 0.845. The van der Waals surface area contributed by atoms with E-state index in [-0.39, 0.29) is 11.3 Å². The number of benzene rings is 2. The number of nitrogens with one attached hydrogen (secondary N) is 1. The second-order valence-corrected chi connectivity index (χ2v) is 6.32. The largest absolute Gasteiger partial charge is 0.351 e. The third-order valence-corrected chi connectivity index (χ3v) is 5.17. The van der Waals surface area contributed by atoms with E-state index in [9.17, 15) is 4.79 Å². The molecule has 1 N–H and O–H groups in total. The van der Waals surface area contributed by atoms with E-state index in [1.165, 1.54) is 12.8 Å². The number of hydrogen-bond acceptors (Lipinski definition) is 1. The summed E-state index contributed by atoms with van der Waals surface area (Å²) in [6, 6.07) is 13.8. The molecule has 21 heavy (non-hydrogen) atoms. The van der Waals surface area contributed by atoms with Crippen LogP contribution in [-0.4, -0.2) is 18.3 Å². The zero-order valence-electron chi connectivity index (χ0n) is 12.1. The molecule has 0 heterocycles. The predicted octanol–water partition coefficient (Wildman–Crippen LogP) is 4.37. The number of fused-ring (bicyclic) bond motifs is 1. The average molecular weight is 302 g/mol. The Kier molecular flexibility index (Phi) is 4.16. The Morgan fingerprint density at radius 3 is 2.57 bits per heavy atom. The van der Waals surface area contributed by atoms with Gasteiger partial charge in [-0.3, -0.25) is 4.79 Å². The van der Waals surface area contributed by atoms with Crippen LogP contribution in [0.15, 0.2) is 42.5 Å². The molecule has 1 aliphatic carbocycles. The van der Waals surface area contributed by atoms with Gasteiger partial charge in [-0.1, -0.05) is 49.2 Å². The van der Waals surface area contributed by atoms with Crippen LogP contribution in [-0.2, 0) is 0 Å². The van der Waals surface area contributed by atoms with Gasteiger partial charge in [0, 0.05) is 23.4 Å². The first-order chi connectivity index (χ1) is 10.2. The first-order valence-corrected chi connectivity index (χ1v) is 8.10. The summed E-state index contributed by atoms with van der Waals surface area (Å²) in [7, 11) is 0. The van der Waals surface area contributed by atoms with E-state index in [1.807, 2.05) is 42.5 Å². The molecule has 0 spiro atoms. The standard InChI is InChI=1S/C18H20ClNO/c19-12-18(10-3-4-11-18)13-20-17(21)16-9-5-7-14-6-1-2-8-15(14)16/h1-2,5-9H,3-4,10-13H2,(H,20,21). The Bertz CT molecular complexity index is 641. The fourth-order valence-electron chi connectivity index (χ4n) is 3.27. The highest BCUT2D eigenvalue weighted by Crippen LogP contribution is 2.38. The molecule has 1 saturated carbocycles. The maximum Gasteiger partial charge on any atom is 0.251 e. The Morgan fingerprint density at radius 1 is 1.10 bits per heavy atom. The number of hydrogen-bond donors (Lipinski definition) is 1. The Labute approximate surface area is 130 Å². The number of amides is 1. The van der Waals surface area contributed by atoms with Gasteiger partial charge in [-0.05, 0) is 29.7 Å². The Hall–Kier alpha value is -1.54. The minimum absolute atomic E-state index is 0.00296. The summed E-state index contributed by atoms with van der Waals surface area (Å²) < 4.78 is 0. The summed E-state index contributed by atoms with van der Waals surface area (Å²) in [6.45, 7) is 0.679. The smallest absolute Gasteiger partial charge is 0.251 e. The normalized spacial score (nSPS) is 17.0. The maximum atomic E-state index is 12.5. The molecule has 0 unspecified atom stereocenters. The monoisotopic (exact) mass is 301 g/mol. The average Bonchev–Trinajstić information content (AvgIpc) is 3.01. The lowest BCUT2D eigenvalue weighted by Gasteiger charge is -2.26. The van der Waals surface area contributed by atoms with E-state index >= 15 is 0 Å². The number of halogens is 1. The van der Waals surface area contributed by atoms with Crippen LogP contribution in [0.4, 0.5) is 0 Å². The molecular weight excluding hydrogens is 282 g/mol. The molecule has 2 aromatic carbocycles. The molecular formula is C18H20ClNO. The predicted molar refractivity (Wildman–Crippen MR) is 87.9 cm³/mol. The fraction of sp³-hybridized carbons (Fsp3) is 0.389. The number of carbonyl (C=O) groups excluding carboxylic acids is 1. The molecule has 0 radical (unpaired) electrons. The van der Waals surface area contributed by atoms with Crippen LogP contribution in [0, 0.1) is 5.41 Å². The highest BCUT2D eigenvalue weighted by Gasteiger charge is 2.33. The van der Waals surface area contributed by atoms with Gasteiger partial charge in [-0.25, -0.2) is 0 Å². The minimum atomic E-state index is 0.00296. The van der Waals surface area contributed by atoms with Crippen molar-refractivity contribution in [2.75, 3.05) is 12.4 Å². The van der Waals surface area contributed by atoms with Crippen LogP contribution < -0.4 is 5.32 Å². The van der Waals surface area contributed by atoms with Gasteiger partial charge in [0.25, 0.3) is 5.91 Å². The topological polar surface area (TPSA) is 29.1 Å². The van der Waals surface area contributed by atoms with Crippen LogP contribution in [0.3, 0.4) is 0 Å². The molecule has 2 nitrogen and oxygen atoms in total. The SMILES string of the molecule is O=C(NCC1(CCl)CCCC1)c1cccc2ccccc12. The van der Waals surface area contributed by atoms with E-state index in [1.54, 1.807) is 0 Å². The lowest BCUT2D eigenvalue weighted by Crippen LogP contribution is -2.37. The Morgan fingerprint density at radius 2 is 1.81 bits per heavy atom. The zero-order chi connectivity index (χ0) is 14.7. The van der Waals surface area contributed by atoms with Crippen molar-refractivity contribution in [2.45, 2.75) is 25.7 Å². The quantitative estimate of drug-likeness (QED) is 0.835. The molecule has 0 saturated heterocycles. The lowest BCUT2D eigenvalue weighted by molar-refractivity contribution is 0.0937. The van der Waals surface area contributed by atoms with Gasteiger partial charge in [0.15, 0.2) is 0 Å². The van der Waals surface area contributed by atoms with Gasteiger partial charge in [0.2, 0.25) is 0 Å². The van der Waals surface area contributed by atoms with E-state index in [0.29, 0.717) is 12.4 Å². The van der Waals surface area contributed by atoms with Gasteiger partial charge in [0.05, 0.1) is 0 Å². The van der Waals surface area contributed by atoms with Crippen LogP contribution in [0.25, 0.3) is 10.8 Å². The fourth-order valence-corrected chi connectivity index (χ4v) is 3.63. The van der Waals surface area contributed by atoms with Gasteiger partial charge in [0.1, 0.15) is 0 Å². The second-order valence-electron chi connectivity index (χ2n) is 6.05. The van der Waals surface area contributed by atoms with Crippen LogP contribution >= 0.6 is 11.6 Å². The number of alkyl halides is 1. The van der Waals surface area contributed by atoms with Gasteiger partial charge in [-0.2, -0.15) is 0 Å². The summed E-state index contributed by atoms with van der Waals surface area (Å²) in [6.07, 6.45) is 4.67. The minimum Gasteiger partial charge on any atom is -0.351 e. The maximum absolute atomic E-state index is 12.5. The van der Waals surface area contributed by atoms with E-state index in [4.69, 9.17) is 11.6 Å². The number of rotatable bonds is 4. The first-order valence-electron chi connectivity index (χ1n) is 7.56. The number of carbonyl (C=O) groups is 1. The van der Waals surface area contributed by atoms with Crippen molar-refractivity contribution < 1.29 is 4.79 Å². The summed E-state index contributed by atoms with van der Waals surface area (Å²) >= 11 is 6.14. The van der Waals surface area contributed by atoms with Gasteiger partial charge < -0.3 is 5.32 Å². The first kappa shape index (κ1) is 14.4.